The van der Waals surface area contributed by atoms with E-state index >= 15 is 0 Å². The van der Waals surface area contributed by atoms with Gasteiger partial charge in [0.2, 0.25) is 10.0 Å². The molecule has 2 heterocycles. The standard InChI is InChI=1S/C29H28N4O3S/c1-4-32(5-2)37(34,35)28-17-21(3)15-16-25(28)30-19-23-20-33(24-12-7-6-8-13-24)31-29(23)27-18-22-11-9-10-14-26(22)36-27/h6-20H,4-5H2,1-3H3. The molecule has 0 fully saturated rings. The lowest BCUT2D eigenvalue weighted by Gasteiger charge is -2.19. The van der Waals surface area contributed by atoms with Gasteiger partial charge in [0, 0.05) is 36.5 Å². The van der Waals surface area contributed by atoms with Crippen LogP contribution in [0.1, 0.15) is 25.0 Å². The maximum absolute atomic E-state index is 13.4. The molecule has 0 unspecified atom stereocenters. The van der Waals surface area contributed by atoms with Crippen LogP contribution in [0, 0.1) is 6.92 Å². The Balaban J connectivity index is 1.63. The third-order valence-corrected chi connectivity index (χ3v) is 8.28. The SMILES string of the molecule is CCN(CC)S(=O)(=O)c1cc(C)ccc1N=Cc1cn(-c2ccccc2)nc1-c1cc2ccccc2o1. The number of aryl methyl sites for hydroxylation is 1. The summed E-state index contributed by atoms with van der Waals surface area (Å²) < 4.78 is 36.1. The van der Waals surface area contributed by atoms with E-state index in [1.54, 1.807) is 23.0 Å². The number of furan rings is 1. The minimum atomic E-state index is -3.70. The van der Waals surface area contributed by atoms with Crippen LogP contribution >= 0.6 is 0 Å². The second-order valence-electron chi connectivity index (χ2n) is 8.68. The smallest absolute Gasteiger partial charge is 0.245 e. The number of para-hydroxylation sites is 2. The summed E-state index contributed by atoms with van der Waals surface area (Å²) in [4.78, 5) is 4.84. The van der Waals surface area contributed by atoms with Crippen LogP contribution in [0.2, 0.25) is 0 Å². The summed E-state index contributed by atoms with van der Waals surface area (Å²) in [7, 11) is -3.70. The average Bonchev–Trinajstić information content (AvgIpc) is 3.53. The molecule has 0 spiro atoms. The number of fused-ring (bicyclic) bond motifs is 1. The van der Waals surface area contributed by atoms with Crippen LogP contribution < -0.4 is 0 Å². The number of rotatable bonds is 8. The summed E-state index contributed by atoms with van der Waals surface area (Å²) in [5.41, 5.74) is 4.20. The molecule has 3 aromatic carbocycles. The molecule has 0 aliphatic carbocycles. The van der Waals surface area contributed by atoms with E-state index in [0.29, 0.717) is 35.8 Å². The highest BCUT2D eigenvalue weighted by atomic mass is 32.2. The van der Waals surface area contributed by atoms with Crippen molar-refractivity contribution >= 4 is 32.9 Å². The molecular formula is C29H28N4O3S. The van der Waals surface area contributed by atoms with Crippen molar-refractivity contribution < 1.29 is 12.8 Å². The van der Waals surface area contributed by atoms with Crippen molar-refractivity contribution in [1.82, 2.24) is 14.1 Å². The minimum Gasteiger partial charge on any atom is -0.454 e. The molecule has 7 nitrogen and oxygen atoms in total. The Kier molecular flexibility index (Phi) is 6.78. The van der Waals surface area contributed by atoms with Crippen LogP contribution in [0.3, 0.4) is 0 Å². The van der Waals surface area contributed by atoms with E-state index in [0.717, 1.165) is 22.2 Å². The fourth-order valence-corrected chi connectivity index (χ4v) is 5.94. The molecule has 0 saturated carbocycles. The molecule has 8 heteroatoms. The summed E-state index contributed by atoms with van der Waals surface area (Å²) >= 11 is 0. The second kappa shape index (κ2) is 10.2. The van der Waals surface area contributed by atoms with E-state index in [9.17, 15) is 8.42 Å². The van der Waals surface area contributed by atoms with Crippen molar-refractivity contribution in [2.75, 3.05) is 13.1 Å². The number of hydrogen-bond acceptors (Lipinski definition) is 5. The van der Waals surface area contributed by atoms with E-state index < -0.39 is 10.0 Å². The van der Waals surface area contributed by atoms with Crippen molar-refractivity contribution in [3.8, 4) is 17.1 Å². The average molecular weight is 513 g/mol. The Morgan fingerprint density at radius 1 is 0.973 bits per heavy atom. The zero-order chi connectivity index (χ0) is 26.0. The molecule has 37 heavy (non-hydrogen) atoms. The number of aliphatic imine (C=N–C) groups is 1. The Hall–Kier alpha value is -4.01. The summed E-state index contributed by atoms with van der Waals surface area (Å²) in [6.45, 7) is 6.30. The zero-order valence-corrected chi connectivity index (χ0v) is 21.8. The van der Waals surface area contributed by atoms with Crippen LogP contribution in [0.4, 0.5) is 5.69 Å². The van der Waals surface area contributed by atoms with Gasteiger partial charge in [-0.05, 0) is 48.9 Å². The molecule has 5 rings (SSSR count). The van der Waals surface area contributed by atoms with Crippen LogP contribution in [0.15, 0.2) is 99.4 Å². The highest BCUT2D eigenvalue weighted by Crippen LogP contribution is 2.31. The Labute approximate surface area is 216 Å². The first-order valence-electron chi connectivity index (χ1n) is 12.2. The zero-order valence-electron chi connectivity index (χ0n) is 21.0. The lowest BCUT2D eigenvalue weighted by molar-refractivity contribution is 0.445. The topological polar surface area (TPSA) is 80.7 Å². The molecule has 2 aromatic heterocycles. The Bertz CT molecular complexity index is 1650. The van der Waals surface area contributed by atoms with Gasteiger partial charge < -0.3 is 4.42 Å². The number of benzene rings is 3. The van der Waals surface area contributed by atoms with E-state index in [1.165, 1.54) is 4.31 Å². The molecule has 0 N–H and O–H groups in total. The van der Waals surface area contributed by atoms with Crippen molar-refractivity contribution in [3.63, 3.8) is 0 Å². The van der Waals surface area contributed by atoms with Crippen LogP contribution in [-0.2, 0) is 10.0 Å². The van der Waals surface area contributed by atoms with Crippen molar-refractivity contribution in [2.45, 2.75) is 25.7 Å². The predicted octanol–water partition coefficient (Wildman–Crippen LogP) is 6.38. The van der Waals surface area contributed by atoms with Gasteiger partial charge in [-0.3, -0.25) is 4.99 Å². The van der Waals surface area contributed by atoms with Gasteiger partial charge in [-0.15, -0.1) is 0 Å². The third kappa shape index (κ3) is 4.85. The number of hydrogen-bond donors (Lipinski definition) is 0. The maximum atomic E-state index is 13.4. The van der Waals surface area contributed by atoms with Gasteiger partial charge in [0.05, 0.1) is 11.4 Å². The lowest BCUT2D eigenvalue weighted by atomic mass is 10.2. The van der Waals surface area contributed by atoms with Gasteiger partial charge in [-0.25, -0.2) is 13.1 Å². The summed E-state index contributed by atoms with van der Waals surface area (Å²) in [5.74, 6) is 0.609. The van der Waals surface area contributed by atoms with Crippen molar-refractivity contribution in [3.05, 3.63) is 96.2 Å². The molecule has 0 saturated heterocycles. The molecule has 5 aromatic rings. The Morgan fingerprint density at radius 2 is 1.70 bits per heavy atom. The van der Waals surface area contributed by atoms with E-state index in [-0.39, 0.29) is 4.90 Å². The number of sulfonamides is 1. The van der Waals surface area contributed by atoms with E-state index in [1.807, 2.05) is 93.7 Å². The molecule has 0 amide bonds. The summed E-state index contributed by atoms with van der Waals surface area (Å²) in [6, 6.07) is 24.8. The normalized spacial score (nSPS) is 12.2. The molecule has 188 valence electrons. The molecule has 0 atom stereocenters. The molecular weight excluding hydrogens is 484 g/mol. The first-order valence-corrected chi connectivity index (χ1v) is 13.6. The highest BCUT2D eigenvalue weighted by molar-refractivity contribution is 7.89. The number of aromatic nitrogens is 2. The molecule has 0 bridgehead atoms. The summed E-state index contributed by atoms with van der Waals surface area (Å²) in [5, 5.41) is 5.78. The monoisotopic (exact) mass is 512 g/mol. The highest BCUT2D eigenvalue weighted by Gasteiger charge is 2.25. The maximum Gasteiger partial charge on any atom is 0.245 e. The molecule has 0 radical (unpaired) electrons. The van der Waals surface area contributed by atoms with Gasteiger partial charge in [-0.1, -0.05) is 56.3 Å². The van der Waals surface area contributed by atoms with Gasteiger partial charge >= 0.3 is 0 Å². The predicted molar refractivity (Wildman–Crippen MR) is 147 cm³/mol. The van der Waals surface area contributed by atoms with E-state index in [2.05, 4.69) is 4.99 Å². The van der Waals surface area contributed by atoms with Crippen LogP contribution in [0.25, 0.3) is 28.1 Å². The molecule has 0 aliphatic heterocycles. The first kappa shape index (κ1) is 24.7. The second-order valence-corrected chi connectivity index (χ2v) is 10.6. The third-order valence-electron chi connectivity index (χ3n) is 6.20. The molecule has 0 aliphatic rings. The minimum absolute atomic E-state index is 0.188. The van der Waals surface area contributed by atoms with Crippen molar-refractivity contribution in [2.24, 2.45) is 4.99 Å². The van der Waals surface area contributed by atoms with Gasteiger partial charge in [0.1, 0.15) is 16.2 Å². The largest absolute Gasteiger partial charge is 0.454 e. The number of nitrogens with zero attached hydrogens (tertiary/aromatic N) is 4. The quantitative estimate of drug-likeness (QED) is 0.226. The van der Waals surface area contributed by atoms with E-state index in [4.69, 9.17) is 9.52 Å². The van der Waals surface area contributed by atoms with Gasteiger partial charge in [-0.2, -0.15) is 9.40 Å². The van der Waals surface area contributed by atoms with Crippen LogP contribution in [-0.4, -0.2) is 41.8 Å². The fourth-order valence-electron chi connectivity index (χ4n) is 4.26. The van der Waals surface area contributed by atoms with Crippen LogP contribution in [0.5, 0.6) is 0 Å². The van der Waals surface area contributed by atoms with Gasteiger partial charge in [0.15, 0.2) is 5.76 Å². The first-order chi connectivity index (χ1) is 17.9. The lowest BCUT2D eigenvalue weighted by Crippen LogP contribution is -2.30. The fraction of sp³-hybridized carbons (Fsp3) is 0.172. The Morgan fingerprint density at radius 3 is 2.43 bits per heavy atom. The van der Waals surface area contributed by atoms with Crippen molar-refractivity contribution in [1.29, 1.82) is 0 Å². The van der Waals surface area contributed by atoms with Gasteiger partial charge in [0.25, 0.3) is 0 Å². The summed E-state index contributed by atoms with van der Waals surface area (Å²) in [6.07, 6.45) is 3.52.